The second kappa shape index (κ2) is 10.1. The molecule has 3 heterocycles. The fraction of sp³-hybridized carbons (Fsp3) is 0.400. The minimum absolute atomic E-state index is 0. The Hall–Kier alpha value is -1.12. The van der Waals surface area contributed by atoms with Crippen LogP contribution in [-0.4, -0.2) is 41.6 Å². The monoisotopic (exact) mass is 423 g/mol. The molecule has 0 spiro atoms. The number of carbonyl (C=O) groups excluding carboxylic acids is 1. The first-order valence-corrected chi connectivity index (χ1v) is 8.74. The van der Waals surface area contributed by atoms with Crippen molar-refractivity contribution < 1.29 is 4.79 Å². The maximum Gasteiger partial charge on any atom is 0.271 e. The van der Waals surface area contributed by atoms with Crippen LogP contribution in [0.1, 0.15) is 21.9 Å². The predicted octanol–water partition coefficient (Wildman–Crippen LogP) is 2.55. The van der Waals surface area contributed by atoms with Gasteiger partial charge < -0.3 is 16.0 Å². The molecule has 0 bridgehead atoms. The normalized spacial score (nSPS) is 16.1. The number of rotatable bonds is 5. The van der Waals surface area contributed by atoms with Gasteiger partial charge in [-0.15, -0.1) is 36.2 Å². The Morgan fingerprint density at radius 3 is 3.00 bits per heavy atom. The van der Waals surface area contributed by atoms with E-state index in [1.165, 1.54) is 11.3 Å². The van der Waals surface area contributed by atoms with E-state index in [0.717, 1.165) is 23.8 Å². The molecule has 1 aliphatic rings. The van der Waals surface area contributed by atoms with Gasteiger partial charge in [-0.3, -0.25) is 4.79 Å². The van der Waals surface area contributed by atoms with Crippen molar-refractivity contribution in [3.8, 4) is 0 Å². The Morgan fingerprint density at radius 2 is 2.28 bits per heavy atom. The van der Waals surface area contributed by atoms with Crippen LogP contribution in [0.5, 0.6) is 0 Å². The topological polar surface area (TPSA) is 84.1 Å². The second-order valence-electron chi connectivity index (χ2n) is 5.38. The summed E-state index contributed by atoms with van der Waals surface area (Å²) in [7, 11) is 0. The molecule has 3 N–H and O–H groups in total. The number of pyridine rings is 1. The van der Waals surface area contributed by atoms with Gasteiger partial charge in [-0.05, 0) is 25.1 Å². The zero-order valence-electron chi connectivity index (χ0n) is 13.4. The van der Waals surface area contributed by atoms with Gasteiger partial charge >= 0.3 is 0 Å². The van der Waals surface area contributed by atoms with Crippen LogP contribution < -0.4 is 16.0 Å². The highest BCUT2D eigenvalue weighted by atomic mass is 35.5. The van der Waals surface area contributed by atoms with Crippen LogP contribution in [0.4, 0.5) is 5.82 Å². The number of anilines is 1. The van der Waals surface area contributed by atoms with E-state index in [-0.39, 0.29) is 36.8 Å². The molecule has 0 saturated carbocycles. The van der Waals surface area contributed by atoms with Crippen LogP contribution >= 0.6 is 47.8 Å². The van der Waals surface area contributed by atoms with E-state index in [0.29, 0.717) is 30.2 Å². The fourth-order valence-corrected chi connectivity index (χ4v) is 3.63. The summed E-state index contributed by atoms with van der Waals surface area (Å²) in [5, 5.41) is 6.34. The SMILES string of the molecule is Cl.Cl.NCCc1nc(C(=O)NC2CCN(c3ncccc3Cl)C2)cs1. The third-order valence-electron chi connectivity index (χ3n) is 3.70. The van der Waals surface area contributed by atoms with Gasteiger partial charge in [0.1, 0.15) is 11.5 Å². The molecule has 25 heavy (non-hydrogen) atoms. The van der Waals surface area contributed by atoms with Crippen LogP contribution in [0.2, 0.25) is 5.02 Å². The molecule has 1 aliphatic heterocycles. The molecule has 2 aromatic heterocycles. The molecule has 138 valence electrons. The van der Waals surface area contributed by atoms with Gasteiger partial charge in [-0.25, -0.2) is 9.97 Å². The molecule has 3 rings (SSSR count). The molecule has 0 aromatic carbocycles. The second-order valence-corrected chi connectivity index (χ2v) is 6.73. The number of nitrogens with two attached hydrogens (primary N) is 1. The van der Waals surface area contributed by atoms with Crippen molar-refractivity contribution in [2.45, 2.75) is 18.9 Å². The van der Waals surface area contributed by atoms with Crippen molar-refractivity contribution >= 4 is 59.5 Å². The summed E-state index contributed by atoms with van der Waals surface area (Å²) in [5.41, 5.74) is 5.97. The van der Waals surface area contributed by atoms with Crippen molar-refractivity contribution in [3.63, 3.8) is 0 Å². The van der Waals surface area contributed by atoms with Crippen molar-refractivity contribution in [1.82, 2.24) is 15.3 Å². The van der Waals surface area contributed by atoms with E-state index < -0.39 is 0 Å². The van der Waals surface area contributed by atoms with Crippen molar-refractivity contribution in [1.29, 1.82) is 0 Å². The van der Waals surface area contributed by atoms with Crippen LogP contribution in [-0.2, 0) is 6.42 Å². The highest BCUT2D eigenvalue weighted by Gasteiger charge is 2.26. The zero-order valence-corrected chi connectivity index (χ0v) is 16.6. The number of amides is 1. The molecule has 1 atom stereocenters. The van der Waals surface area contributed by atoms with Crippen molar-refractivity contribution in [2.24, 2.45) is 5.73 Å². The van der Waals surface area contributed by atoms with Gasteiger partial charge in [0.05, 0.1) is 10.0 Å². The van der Waals surface area contributed by atoms with Gasteiger partial charge in [0.2, 0.25) is 0 Å². The third-order valence-corrected chi connectivity index (χ3v) is 4.91. The van der Waals surface area contributed by atoms with Gasteiger partial charge in [0, 0.05) is 37.1 Å². The predicted molar refractivity (Wildman–Crippen MR) is 107 cm³/mol. The Kier molecular flexibility index (Phi) is 8.88. The number of aromatic nitrogens is 2. The van der Waals surface area contributed by atoms with Crippen LogP contribution in [0.15, 0.2) is 23.7 Å². The lowest BCUT2D eigenvalue weighted by Crippen LogP contribution is -2.37. The molecule has 6 nitrogen and oxygen atoms in total. The number of carbonyl (C=O) groups is 1. The van der Waals surface area contributed by atoms with E-state index >= 15 is 0 Å². The maximum absolute atomic E-state index is 12.3. The summed E-state index contributed by atoms with van der Waals surface area (Å²) in [4.78, 5) is 23.0. The third kappa shape index (κ3) is 5.43. The van der Waals surface area contributed by atoms with E-state index in [2.05, 4.69) is 20.2 Å². The molecule has 0 radical (unpaired) electrons. The van der Waals surface area contributed by atoms with Crippen LogP contribution in [0.3, 0.4) is 0 Å². The van der Waals surface area contributed by atoms with Gasteiger partial charge in [-0.2, -0.15) is 0 Å². The lowest BCUT2D eigenvalue weighted by Gasteiger charge is -2.18. The highest BCUT2D eigenvalue weighted by Crippen LogP contribution is 2.25. The van der Waals surface area contributed by atoms with E-state index in [9.17, 15) is 4.79 Å². The molecule has 1 saturated heterocycles. The molecule has 10 heteroatoms. The van der Waals surface area contributed by atoms with Crippen LogP contribution in [0, 0.1) is 0 Å². The summed E-state index contributed by atoms with van der Waals surface area (Å²) in [6, 6.07) is 3.70. The Bertz CT molecular complexity index is 699. The van der Waals surface area contributed by atoms with Crippen molar-refractivity contribution in [2.75, 3.05) is 24.5 Å². The molecule has 1 amide bonds. The summed E-state index contributed by atoms with van der Waals surface area (Å²) in [5.74, 6) is 0.633. The lowest BCUT2D eigenvalue weighted by molar-refractivity contribution is 0.0936. The summed E-state index contributed by atoms with van der Waals surface area (Å²) < 4.78 is 0. The molecular weight excluding hydrogens is 405 g/mol. The van der Waals surface area contributed by atoms with Crippen LogP contribution in [0.25, 0.3) is 0 Å². The number of nitrogens with one attached hydrogen (secondary N) is 1. The Balaban J connectivity index is 0.00000156. The smallest absolute Gasteiger partial charge is 0.271 e. The summed E-state index contributed by atoms with van der Waals surface area (Å²) in [6.07, 6.45) is 3.28. The average molecular weight is 425 g/mol. The van der Waals surface area contributed by atoms with Gasteiger partial charge in [-0.1, -0.05) is 11.6 Å². The largest absolute Gasteiger partial charge is 0.353 e. The number of halogens is 3. The standard InChI is InChI=1S/C15H18ClN5OS.2ClH/c16-11-2-1-6-18-14(11)21-7-4-10(8-21)19-15(22)12-9-23-13(20-12)3-5-17;;/h1-2,6,9-10H,3-5,7-8,17H2,(H,19,22);2*1H. The molecule has 0 aliphatic carbocycles. The number of thiazole rings is 1. The lowest BCUT2D eigenvalue weighted by atomic mass is 10.2. The molecule has 1 unspecified atom stereocenters. The Morgan fingerprint density at radius 1 is 1.48 bits per heavy atom. The first kappa shape index (κ1) is 21.9. The zero-order chi connectivity index (χ0) is 16.2. The van der Waals surface area contributed by atoms with E-state index in [4.69, 9.17) is 17.3 Å². The number of nitrogens with zero attached hydrogens (tertiary/aromatic N) is 3. The highest BCUT2D eigenvalue weighted by molar-refractivity contribution is 7.09. The fourth-order valence-electron chi connectivity index (χ4n) is 2.59. The maximum atomic E-state index is 12.3. The average Bonchev–Trinajstić information content (AvgIpc) is 3.18. The quantitative estimate of drug-likeness (QED) is 0.770. The first-order valence-electron chi connectivity index (χ1n) is 7.48. The minimum Gasteiger partial charge on any atom is -0.353 e. The summed E-state index contributed by atoms with van der Waals surface area (Å²) >= 11 is 7.65. The minimum atomic E-state index is -0.136. The molecular formula is C15H20Cl3N5OS. The molecule has 1 fully saturated rings. The van der Waals surface area contributed by atoms with Crippen molar-refractivity contribution in [3.05, 3.63) is 39.4 Å². The Labute approximate surface area is 168 Å². The van der Waals surface area contributed by atoms with Gasteiger partial charge in [0.25, 0.3) is 5.91 Å². The number of hydrogen-bond acceptors (Lipinski definition) is 6. The van der Waals surface area contributed by atoms with E-state index in [1.54, 1.807) is 11.6 Å². The van der Waals surface area contributed by atoms with E-state index in [1.807, 2.05) is 12.1 Å². The summed E-state index contributed by atoms with van der Waals surface area (Å²) in [6.45, 7) is 2.05. The van der Waals surface area contributed by atoms with Gasteiger partial charge in [0.15, 0.2) is 0 Å². The number of hydrogen-bond donors (Lipinski definition) is 2. The first-order chi connectivity index (χ1) is 11.2. The molecule has 2 aromatic rings.